The molecule has 3 rings (SSSR count). The number of hydrogen-bond donors (Lipinski definition) is 0. The topological polar surface area (TPSA) is 0 Å². The summed E-state index contributed by atoms with van der Waals surface area (Å²) < 4.78 is 0. The summed E-state index contributed by atoms with van der Waals surface area (Å²) in [6.07, 6.45) is 14.2. The summed E-state index contributed by atoms with van der Waals surface area (Å²) in [5.74, 6) is 2.03. The quantitative estimate of drug-likeness (QED) is 0.375. The predicted molar refractivity (Wildman–Crippen MR) is 108 cm³/mol. The van der Waals surface area contributed by atoms with Crippen LogP contribution >= 0.6 is 0 Å². The van der Waals surface area contributed by atoms with Gasteiger partial charge in [0, 0.05) is 0 Å². The molecule has 23 heavy (non-hydrogen) atoms. The largest absolute Gasteiger partial charge is 0.176 e. The number of fused-ring (bicyclic) bond motifs is 2. The molecule has 2 fully saturated rings. The molecule has 0 aromatic carbocycles. The molecule has 128 valence electrons. The van der Waals surface area contributed by atoms with E-state index < -0.39 is 8.07 Å². The predicted octanol–water partition coefficient (Wildman–Crippen LogP) is 7.07. The van der Waals surface area contributed by atoms with Crippen molar-refractivity contribution in [1.29, 1.82) is 0 Å². The van der Waals surface area contributed by atoms with E-state index in [9.17, 15) is 0 Å². The van der Waals surface area contributed by atoms with Gasteiger partial charge in [-0.2, -0.15) is 0 Å². The third kappa shape index (κ3) is 3.57. The Hall–Kier alpha value is -0.238. The van der Waals surface area contributed by atoms with E-state index in [1.165, 1.54) is 51.4 Å². The fourth-order valence-electron chi connectivity index (χ4n) is 5.66. The van der Waals surface area contributed by atoms with Gasteiger partial charge >= 0.3 is 0 Å². The Balaban J connectivity index is 1.98. The molecular formula is C21H37BSi. The fraction of sp³-hybridized carbons (Fsp3) is 0.810. The van der Waals surface area contributed by atoms with Crippen LogP contribution in [-0.2, 0) is 0 Å². The summed E-state index contributed by atoms with van der Waals surface area (Å²) in [7, 11) is -1.20. The second-order valence-electron chi connectivity index (χ2n) is 10.5. The minimum absolute atomic E-state index is 0.347. The molecule has 0 N–H and O–H groups in total. The summed E-state index contributed by atoms with van der Waals surface area (Å²) in [4.78, 5) is 0. The highest BCUT2D eigenvalue weighted by Crippen LogP contribution is 2.52. The van der Waals surface area contributed by atoms with Crippen LogP contribution in [0.15, 0.2) is 22.3 Å². The summed E-state index contributed by atoms with van der Waals surface area (Å²) in [5.41, 5.74) is 4.02. The molecule has 1 aliphatic carbocycles. The zero-order valence-corrected chi connectivity index (χ0v) is 17.5. The average molecular weight is 328 g/mol. The van der Waals surface area contributed by atoms with Crippen molar-refractivity contribution in [2.75, 3.05) is 0 Å². The smallest absolute Gasteiger partial charge is 0.101 e. The Kier molecular flexibility index (Phi) is 4.77. The normalized spacial score (nSPS) is 29.7. The highest BCUT2D eigenvalue weighted by atomic mass is 28.3. The molecule has 0 spiro atoms. The Labute approximate surface area is 146 Å². The van der Waals surface area contributed by atoms with Crippen molar-refractivity contribution in [1.82, 2.24) is 0 Å². The van der Waals surface area contributed by atoms with E-state index in [1.807, 2.05) is 10.7 Å². The Morgan fingerprint density at radius 3 is 1.91 bits per heavy atom. The molecule has 2 saturated heterocycles. The third-order valence-electron chi connectivity index (χ3n) is 6.91. The zero-order chi connectivity index (χ0) is 16.8. The molecule has 0 saturated carbocycles. The average Bonchev–Trinajstić information content (AvgIpc) is 2.44. The second kappa shape index (κ2) is 6.24. The molecule has 0 amide bonds. The summed E-state index contributed by atoms with van der Waals surface area (Å²) >= 11 is 0. The van der Waals surface area contributed by atoms with Crippen molar-refractivity contribution in [3.05, 3.63) is 22.3 Å². The van der Waals surface area contributed by atoms with Gasteiger partial charge in [0.1, 0.15) is 0 Å². The van der Waals surface area contributed by atoms with Gasteiger partial charge in [0.2, 0.25) is 0 Å². The van der Waals surface area contributed by atoms with Gasteiger partial charge < -0.3 is 0 Å². The van der Waals surface area contributed by atoms with Crippen molar-refractivity contribution >= 4 is 14.8 Å². The van der Waals surface area contributed by atoms with E-state index in [2.05, 4.69) is 46.5 Å². The minimum Gasteiger partial charge on any atom is -0.101 e. The SMILES string of the molecule is CC(C)(C)C1=CCC([Si](C)(C)C)=C(B2C3CCCC2CCC3)C1. The fourth-order valence-corrected chi connectivity index (χ4v) is 7.60. The van der Waals surface area contributed by atoms with E-state index in [1.54, 1.807) is 5.57 Å². The highest BCUT2D eigenvalue weighted by molar-refractivity contribution is 6.85. The molecular weight excluding hydrogens is 291 g/mol. The van der Waals surface area contributed by atoms with Crippen LogP contribution < -0.4 is 0 Å². The molecule has 2 bridgehead atoms. The lowest BCUT2D eigenvalue weighted by Crippen LogP contribution is -2.41. The van der Waals surface area contributed by atoms with E-state index in [0.29, 0.717) is 5.41 Å². The Morgan fingerprint density at radius 2 is 1.48 bits per heavy atom. The third-order valence-corrected chi connectivity index (χ3v) is 9.24. The Morgan fingerprint density at radius 1 is 0.957 bits per heavy atom. The van der Waals surface area contributed by atoms with Gasteiger partial charge in [-0.05, 0) is 18.3 Å². The second-order valence-corrected chi connectivity index (χ2v) is 15.6. The number of allylic oxidation sites excluding steroid dienone is 4. The molecule has 0 nitrogen and oxygen atoms in total. The van der Waals surface area contributed by atoms with E-state index in [-0.39, 0.29) is 0 Å². The zero-order valence-electron chi connectivity index (χ0n) is 16.5. The van der Waals surface area contributed by atoms with Crippen molar-refractivity contribution in [3.8, 4) is 0 Å². The first-order valence-corrected chi connectivity index (χ1v) is 13.6. The van der Waals surface area contributed by atoms with Crippen LogP contribution in [0.25, 0.3) is 0 Å². The van der Waals surface area contributed by atoms with Crippen LogP contribution in [0.2, 0.25) is 31.3 Å². The van der Waals surface area contributed by atoms with Crippen molar-refractivity contribution in [2.24, 2.45) is 5.41 Å². The molecule has 0 radical (unpaired) electrons. The van der Waals surface area contributed by atoms with Gasteiger partial charge in [-0.25, -0.2) is 0 Å². The monoisotopic (exact) mass is 328 g/mol. The first-order valence-electron chi connectivity index (χ1n) is 10.1. The van der Waals surface area contributed by atoms with Gasteiger partial charge in [0.15, 0.2) is 6.71 Å². The summed E-state index contributed by atoms with van der Waals surface area (Å²) in [5, 5.41) is 1.93. The van der Waals surface area contributed by atoms with Gasteiger partial charge in [-0.15, -0.1) is 5.47 Å². The van der Waals surface area contributed by atoms with E-state index >= 15 is 0 Å². The van der Waals surface area contributed by atoms with Crippen LogP contribution in [0.5, 0.6) is 0 Å². The molecule has 3 aliphatic rings. The molecule has 0 aromatic rings. The first kappa shape index (κ1) is 17.6. The van der Waals surface area contributed by atoms with Gasteiger partial charge in [0.05, 0.1) is 8.07 Å². The minimum atomic E-state index is -1.20. The maximum atomic E-state index is 2.61. The molecule has 0 aromatic heterocycles. The molecule has 0 unspecified atom stereocenters. The molecule has 2 heterocycles. The lowest BCUT2D eigenvalue weighted by molar-refractivity contribution is 0.443. The van der Waals surface area contributed by atoms with Crippen molar-refractivity contribution in [2.45, 2.75) is 103 Å². The number of rotatable bonds is 2. The van der Waals surface area contributed by atoms with E-state index in [0.717, 1.165) is 18.3 Å². The highest BCUT2D eigenvalue weighted by Gasteiger charge is 2.44. The lowest BCUT2D eigenvalue weighted by Gasteiger charge is -2.45. The van der Waals surface area contributed by atoms with Crippen LogP contribution in [0.3, 0.4) is 0 Å². The molecule has 2 heteroatoms. The van der Waals surface area contributed by atoms with Crippen LogP contribution in [0.1, 0.15) is 72.1 Å². The van der Waals surface area contributed by atoms with Gasteiger partial charge in [-0.1, -0.05) is 107 Å². The van der Waals surface area contributed by atoms with Gasteiger partial charge in [0.25, 0.3) is 0 Å². The molecule has 0 atom stereocenters. The maximum absolute atomic E-state index is 2.61. The van der Waals surface area contributed by atoms with Crippen LogP contribution in [0, 0.1) is 5.41 Å². The standard InChI is InChI=1S/C21H37BSi/c1-21(2,3)16-13-14-20(23(4,5)6)19(15-16)22-17-9-7-10-18(22)12-8-11-17/h13,17-18H,7-12,14-15H2,1-6H3. The lowest BCUT2D eigenvalue weighted by atomic mass is 9.23. The van der Waals surface area contributed by atoms with Crippen molar-refractivity contribution in [3.63, 3.8) is 0 Å². The van der Waals surface area contributed by atoms with E-state index in [4.69, 9.17) is 0 Å². The van der Waals surface area contributed by atoms with Crippen molar-refractivity contribution < 1.29 is 0 Å². The summed E-state index contributed by atoms with van der Waals surface area (Å²) in [6.45, 7) is 15.9. The first-order chi connectivity index (χ1) is 10.7. The molecule has 2 aliphatic heterocycles. The Bertz CT molecular complexity index is 493. The number of hydrogen-bond acceptors (Lipinski definition) is 0. The maximum Gasteiger partial charge on any atom is 0.176 e. The van der Waals surface area contributed by atoms with Gasteiger partial charge in [-0.3, -0.25) is 0 Å². The summed E-state index contributed by atoms with van der Waals surface area (Å²) in [6, 6.07) is 0. The van der Waals surface area contributed by atoms with Crippen LogP contribution in [0.4, 0.5) is 0 Å². The van der Waals surface area contributed by atoms with Crippen LogP contribution in [-0.4, -0.2) is 14.8 Å².